The molecule has 4 heteroatoms. The normalized spacial score (nSPS) is 10.8. The number of benzene rings is 2. The van der Waals surface area contributed by atoms with E-state index in [9.17, 15) is 4.79 Å². The molecule has 0 spiro atoms. The third-order valence-electron chi connectivity index (χ3n) is 3.26. The summed E-state index contributed by atoms with van der Waals surface area (Å²) in [5.41, 5.74) is 1.52. The second kappa shape index (κ2) is 5.51. The summed E-state index contributed by atoms with van der Waals surface area (Å²) < 4.78 is 3.92. The summed E-state index contributed by atoms with van der Waals surface area (Å²) in [6.45, 7) is 2.07. The van der Waals surface area contributed by atoms with Crippen molar-refractivity contribution >= 4 is 28.1 Å². The molecule has 0 saturated heterocycles. The molecule has 100 valence electrons. The van der Waals surface area contributed by atoms with Gasteiger partial charge in [-0.25, -0.2) is 0 Å². The highest BCUT2D eigenvalue weighted by Crippen LogP contribution is 2.21. The van der Waals surface area contributed by atoms with Crippen molar-refractivity contribution < 1.29 is 4.79 Å². The van der Waals surface area contributed by atoms with E-state index in [-0.39, 0.29) is 5.78 Å². The fraction of sp³-hybridized carbons (Fsp3) is 0.188. The van der Waals surface area contributed by atoms with Crippen LogP contribution in [0.1, 0.15) is 34.3 Å². The SMILES string of the molecule is CCCc1nnsc1C(=O)c1ccc2ccccc2c1. The molecule has 0 saturated carbocycles. The van der Waals surface area contributed by atoms with Crippen molar-refractivity contribution in [2.45, 2.75) is 19.8 Å². The summed E-state index contributed by atoms with van der Waals surface area (Å²) >= 11 is 1.19. The molecule has 3 nitrogen and oxygen atoms in total. The quantitative estimate of drug-likeness (QED) is 0.682. The third-order valence-corrected chi connectivity index (χ3v) is 4.03. The van der Waals surface area contributed by atoms with Gasteiger partial charge in [-0.15, -0.1) is 5.10 Å². The first kappa shape index (κ1) is 12.9. The van der Waals surface area contributed by atoms with Crippen LogP contribution in [0.4, 0.5) is 0 Å². The molecule has 0 unspecified atom stereocenters. The summed E-state index contributed by atoms with van der Waals surface area (Å²) in [5, 5.41) is 6.28. The average molecular weight is 282 g/mol. The van der Waals surface area contributed by atoms with Gasteiger partial charge in [0.25, 0.3) is 0 Å². The molecule has 0 atom stereocenters. The van der Waals surface area contributed by atoms with E-state index < -0.39 is 0 Å². The molecular weight excluding hydrogens is 268 g/mol. The zero-order valence-corrected chi connectivity index (χ0v) is 12.0. The van der Waals surface area contributed by atoms with Crippen LogP contribution < -0.4 is 0 Å². The van der Waals surface area contributed by atoms with Gasteiger partial charge < -0.3 is 0 Å². The molecule has 0 aliphatic carbocycles. The number of carbonyl (C=O) groups is 1. The van der Waals surface area contributed by atoms with E-state index in [1.165, 1.54) is 11.5 Å². The molecule has 20 heavy (non-hydrogen) atoms. The minimum atomic E-state index is 0.0224. The standard InChI is InChI=1S/C16H14N2OS/c1-2-5-14-16(20-18-17-14)15(19)13-9-8-11-6-3-4-7-12(11)10-13/h3-4,6-10H,2,5H2,1H3. The van der Waals surface area contributed by atoms with E-state index in [2.05, 4.69) is 16.5 Å². The number of ketones is 1. The van der Waals surface area contributed by atoms with Gasteiger partial charge >= 0.3 is 0 Å². The lowest BCUT2D eigenvalue weighted by Gasteiger charge is -2.02. The van der Waals surface area contributed by atoms with E-state index in [0.29, 0.717) is 10.4 Å². The van der Waals surface area contributed by atoms with Crippen LogP contribution in [-0.2, 0) is 6.42 Å². The maximum Gasteiger partial charge on any atom is 0.206 e. The largest absolute Gasteiger partial charge is 0.288 e. The fourth-order valence-electron chi connectivity index (χ4n) is 2.24. The molecule has 0 N–H and O–H groups in total. The highest BCUT2D eigenvalue weighted by molar-refractivity contribution is 7.08. The Morgan fingerprint density at radius 2 is 1.95 bits per heavy atom. The lowest BCUT2D eigenvalue weighted by atomic mass is 10.0. The molecule has 2 aromatic carbocycles. The Bertz CT molecular complexity index is 764. The molecule has 0 fully saturated rings. The third kappa shape index (κ3) is 2.34. The van der Waals surface area contributed by atoms with Gasteiger partial charge in [-0.2, -0.15) is 0 Å². The van der Waals surface area contributed by atoms with Crippen LogP contribution in [0.2, 0.25) is 0 Å². The van der Waals surface area contributed by atoms with Gasteiger partial charge in [-0.1, -0.05) is 54.2 Å². The van der Waals surface area contributed by atoms with E-state index in [4.69, 9.17) is 0 Å². The molecular formula is C16H14N2OS. The van der Waals surface area contributed by atoms with Crippen LogP contribution >= 0.6 is 11.5 Å². The molecule has 1 aromatic heterocycles. The summed E-state index contributed by atoms with van der Waals surface area (Å²) in [4.78, 5) is 13.2. The number of carbonyl (C=O) groups excluding carboxylic acids is 1. The van der Waals surface area contributed by atoms with Crippen LogP contribution in [-0.4, -0.2) is 15.4 Å². The Morgan fingerprint density at radius 1 is 1.15 bits per heavy atom. The maximum atomic E-state index is 12.6. The van der Waals surface area contributed by atoms with Gasteiger partial charge in [-0.05, 0) is 34.8 Å². The van der Waals surface area contributed by atoms with Gasteiger partial charge in [0.15, 0.2) is 0 Å². The molecule has 0 radical (unpaired) electrons. The lowest BCUT2D eigenvalue weighted by Crippen LogP contribution is -2.02. The Hall–Kier alpha value is -2.07. The fourth-order valence-corrected chi connectivity index (χ4v) is 2.91. The molecule has 0 bridgehead atoms. The van der Waals surface area contributed by atoms with Crippen LogP contribution in [0.3, 0.4) is 0 Å². The zero-order chi connectivity index (χ0) is 13.9. The maximum absolute atomic E-state index is 12.6. The van der Waals surface area contributed by atoms with Crippen molar-refractivity contribution in [3.05, 3.63) is 58.6 Å². The average Bonchev–Trinajstić information content (AvgIpc) is 2.94. The van der Waals surface area contributed by atoms with Crippen LogP contribution in [0.25, 0.3) is 10.8 Å². The van der Waals surface area contributed by atoms with E-state index in [0.717, 1.165) is 29.3 Å². The second-order valence-corrected chi connectivity index (χ2v) is 5.44. The zero-order valence-electron chi connectivity index (χ0n) is 11.2. The molecule has 3 rings (SSSR count). The minimum absolute atomic E-state index is 0.0224. The summed E-state index contributed by atoms with van der Waals surface area (Å²) in [6.07, 6.45) is 1.76. The van der Waals surface area contributed by atoms with Gasteiger partial charge in [0, 0.05) is 5.56 Å². The van der Waals surface area contributed by atoms with Crippen molar-refractivity contribution in [1.29, 1.82) is 0 Å². The number of hydrogen-bond donors (Lipinski definition) is 0. The van der Waals surface area contributed by atoms with Gasteiger partial charge in [0.05, 0.1) is 5.69 Å². The van der Waals surface area contributed by atoms with Crippen molar-refractivity contribution in [1.82, 2.24) is 9.59 Å². The highest BCUT2D eigenvalue weighted by Gasteiger charge is 2.17. The smallest absolute Gasteiger partial charge is 0.206 e. The van der Waals surface area contributed by atoms with E-state index in [1.54, 1.807) is 0 Å². The number of hydrogen-bond acceptors (Lipinski definition) is 4. The summed E-state index contributed by atoms with van der Waals surface area (Å²) in [5.74, 6) is 0.0224. The highest BCUT2D eigenvalue weighted by atomic mass is 32.1. The Labute approximate surface area is 121 Å². The summed E-state index contributed by atoms with van der Waals surface area (Å²) in [6, 6.07) is 13.8. The van der Waals surface area contributed by atoms with Crippen LogP contribution in [0.5, 0.6) is 0 Å². The first-order chi connectivity index (χ1) is 9.79. The first-order valence-electron chi connectivity index (χ1n) is 6.64. The first-order valence-corrected chi connectivity index (χ1v) is 7.41. The summed E-state index contributed by atoms with van der Waals surface area (Å²) in [7, 11) is 0. The minimum Gasteiger partial charge on any atom is -0.288 e. The molecule has 1 heterocycles. The Balaban J connectivity index is 2.01. The van der Waals surface area contributed by atoms with Gasteiger partial charge in [-0.3, -0.25) is 4.79 Å². The molecule has 0 aliphatic heterocycles. The van der Waals surface area contributed by atoms with Crippen LogP contribution in [0.15, 0.2) is 42.5 Å². The second-order valence-electron chi connectivity index (χ2n) is 4.69. The van der Waals surface area contributed by atoms with Crippen molar-refractivity contribution in [2.24, 2.45) is 0 Å². The molecule has 0 amide bonds. The predicted octanol–water partition coefficient (Wildman–Crippen LogP) is 3.87. The van der Waals surface area contributed by atoms with Crippen molar-refractivity contribution in [3.63, 3.8) is 0 Å². The van der Waals surface area contributed by atoms with E-state index in [1.807, 2.05) is 42.5 Å². The lowest BCUT2D eigenvalue weighted by molar-refractivity contribution is 0.104. The van der Waals surface area contributed by atoms with Gasteiger partial charge in [0.2, 0.25) is 5.78 Å². The van der Waals surface area contributed by atoms with Gasteiger partial charge in [0.1, 0.15) is 4.88 Å². The van der Waals surface area contributed by atoms with Crippen LogP contribution in [0, 0.1) is 0 Å². The molecule has 0 aliphatic rings. The predicted molar refractivity (Wildman–Crippen MR) is 81.3 cm³/mol. The Morgan fingerprint density at radius 3 is 2.75 bits per heavy atom. The van der Waals surface area contributed by atoms with E-state index >= 15 is 0 Å². The number of nitrogens with zero attached hydrogens (tertiary/aromatic N) is 2. The molecule has 3 aromatic rings. The number of aryl methyl sites for hydroxylation is 1. The number of aromatic nitrogens is 2. The Kier molecular flexibility index (Phi) is 3.56. The number of fused-ring (bicyclic) bond motifs is 1. The topological polar surface area (TPSA) is 42.9 Å². The van der Waals surface area contributed by atoms with Crippen molar-refractivity contribution in [2.75, 3.05) is 0 Å². The number of rotatable bonds is 4. The monoisotopic (exact) mass is 282 g/mol. The van der Waals surface area contributed by atoms with Crippen molar-refractivity contribution in [3.8, 4) is 0 Å².